The number of rotatable bonds is 1. The van der Waals surface area contributed by atoms with Crippen molar-refractivity contribution in [3.63, 3.8) is 0 Å². The van der Waals surface area contributed by atoms with Crippen molar-refractivity contribution in [2.24, 2.45) is 0 Å². The zero-order valence-electron chi connectivity index (χ0n) is 8.06. The zero-order chi connectivity index (χ0) is 10.5. The minimum atomic E-state index is -3.29. The second kappa shape index (κ2) is 2.88. The van der Waals surface area contributed by atoms with Gasteiger partial charge >= 0.3 is 0 Å². The summed E-state index contributed by atoms with van der Waals surface area (Å²) in [4.78, 5) is 0. The molecule has 0 amide bonds. The number of hydrogen-bond donors (Lipinski definition) is 1. The monoisotopic (exact) mass is 225 g/mol. The van der Waals surface area contributed by atoms with Crippen molar-refractivity contribution in [3.8, 4) is 5.75 Å². The predicted molar refractivity (Wildman–Crippen MR) is 56.5 cm³/mol. The molecule has 5 heteroatoms. The van der Waals surface area contributed by atoms with Crippen LogP contribution in [-0.4, -0.2) is 14.4 Å². The van der Waals surface area contributed by atoms with Gasteiger partial charge < -0.3 is 4.74 Å². The number of anilines is 1. The Labute approximate surface area is 88.3 Å². The molecule has 1 heterocycles. The average molecular weight is 225 g/mol. The second-order valence-electron chi connectivity index (χ2n) is 4.01. The number of fused-ring (bicyclic) bond motifs is 1. The van der Waals surface area contributed by atoms with E-state index < -0.39 is 10.0 Å². The first-order valence-corrected chi connectivity index (χ1v) is 6.56. The van der Waals surface area contributed by atoms with Crippen molar-refractivity contribution in [2.45, 2.75) is 18.8 Å². The van der Waals surface area contributed by atoms with Crippen LogP contribution in [0.4, 0.5) is 5.69 Å². The van der Waals surface area contributed by atoms with Crippen LogP contribution in [0.15, 0.2) is 18.2 Å². The normalized spacial score (nSPS) is 22.4. The number of benzene rings is 1. The van der Waals surface area contributed by atoms with Gasteiger partial charge in [-0.2, -0.15) is 0 Å². The van der Waals surface area contributed by atoms with Crippen LogP contribution in [0.2, 0.25) is 0 Å². The maximum Gasteiger partial charge on any atom is 0.268 e. The summed E-state index contributed by atoms with van der Waals surface area (Å²) in [5, 5.41) is 0. The highest BCUT2D eigenvalue weighted by Crippen LogP contribution is 2.43. The van der Waals surface area contributed by atoms with Crippen LogP contribution < -0.4 is 9.46 Å². The Bertz CT molecular complexity index is 505. The van der Waals surface area contributed by atoms with Gasteiger partial charge in [-0.1, -0.05) is 6.07 Å². The lowest BCUT2D eigenvalue weighted by Gasteiger charge is -2.19. The number of ether oxygens (including phenoxy) is 1. The molecule has 0 aromatic heterocycles. The van der Waals surface area contributed by atoms with E-state index in [4.69, 9.17) is 4.74 Å². The lowest BCUT2D eigenvalue weighted by Crippen LogP contribution is -2.25. The molecule has 1 aromatic carbocycles. The highest BCUT2D eigenvalue weighted by molar-refractivity contribution is 7.92. The van der Waals surface area contributed by atoms with Crippen LogP contribution >= 0.6 is 0 Å². The van der Waals surface area contributed by atoms with Gasteiger partial charge in [0, 0.05) is 0 Å². The lowest BCUT2D eigenvalue weighted by molar-refractivity contribution is 0.374. The molecule has 0 saturated heterocycles. The molecule has 0 unspecified atom stereocenters. The first kappa shape index (κ1) is 9.03. The van der Waals surface area contributed by atoms with Gasteiger partial charge in [0.1, 0.15) is 5.75 Å². The highest BCUT2D eigenvalue weighted by atomic mass is 32.2. The Hall–Kier alpha value is -1.23. The molecule has 1 saturated carbocycles. The molecule has 1 N–H and O–H groups in total. The van der Waals surface area contributed by atoms with Gasteiger partial charge in [-0.25, -0.2) is 8.42 Å². The molecule has 0 radical (unpaired) electrons. The van der Waals surface area contributed by atoms with Crippen LogP contribution in [-0.2, 0) is 10.0 Å². The van der Waals surface area contributed by atoms with Crippen molar-refractivity contribution in [2.75, 3.05) is 10.7 Å². The maximum absolute atomic E-state index is 11.2. The van der Waals surface area contributed by atoms with E-state index in [0.29, 0.717) is 17.4 Å². The summed E-state index contributed by atoms with van der Waals surface area (Å²) in [5.74, 6) is 1.01. The Balaban J connectivity index is 2.00. The van der Waals surface area contributed by atoms with Gasteiger partial charge in [0.15, 0.2) is 0 Å². The number of hydrogen-bond acceptors (Lipinski definition) is 3. The van der Waals surface area contributed by atoms with E-state index in [9.17, 15) is 8.42 Å². The van der Waals surface area contributed by atoms with Crippen LogP contribution in [0.3, 0.4) is 0 Å². The Kier molecular flexibility index (Phi) is 1.74. The molecule has 15 heavy (non-hydrogen) atoms. The van der Waals surface area contributed by atoms with Crippen molar-refractivity contribution in [1.29, 1.82) is 0 Å². The van der Waals surface area contributed by atoms with E-state index in [2.05, 4.69) is 4.72 Å². The summed E-state index contributed by atoms with van der Waals surface area (Å²) in [5.41, 5.74) is 1.79. The average Bonchev–Trinajstić information content (AvgIpc) is 2.99. The maximum atomic E-state index is 11.2. The van der Waals surface area contributed by atoms with E-state index in [1.807, 2.05) is 12.1 Å². The fourth-order valence-corrected chi connectivity index (χ4v) is 2.60. The molecule has 0 atom stereocenters. The predicted octanol–water partition coefficient (Wildman–Crippen LogP) is 1.66. The van der Waals surface area contributed by atoms with Crippen molar-refractivity contribution in [1.82, 2.24) is 0 Å². The second-order valence-corrected chi connectivity index (χ2v) is 5.68. The summed E-state index contributed by atoms with van der Waals surface area (Å²) in [6.07, 6.45) is 2.45. The topological polar surface area (TPSA) is 55.4 Å². The first-order valence-electron chi connectivity index (χ1n) is 4.91. The van der Waals surface area contributed by atoms with E-state index >= 15 is 0 Å². The molecule has 0 bridgehead atoms. The minimum Gasteiger partial charge on any atom is -0.474 e. The third-order valence-corrected chi connectivity index (χ3v) is 3.65. The summed E-state index contributed by atoms with van der Waals surface area (Å²) >= 11 is 0. The Morgan fingerprint density at radius 2 is 2.13 bits per heavy atom. The number of sulfonamides is 1. The highest BCUT2D eigenvalue weighted by Gasteiger charge is 2.27. The van der Waals surface area contributed by atoms with E-state index in [1.165, 1.54) is 18.4 Å². The van der Waals surface area contributed by atoms with Crippen molar-refractivity contribution < 1.29 is 13.2 Å². The fraction of sp³-hybridized carbons (Fsp3) is 0.400. The van der Waals surface area contributed by atoms with Crippen molar-refractivity contribution in [3.05, 3.63) is 23.8 Å². The summed E-state index contributed by atoms with van der Waals surface area (Å²) in [6.45, 7) is 0. The van der Waals surface area contributed by atoms with Crippen LogP contribution in [0.25, 0.3) is 0 Å². The molecule has 2 aliphatic rings. The molecule has 1 fully saturated rings. The standard InChI is InChI=1S/C10H11NO3S/c12-15(13)6-14-10-5-8(7-1-2-7)3-4-9(10)11-15/h3-5,7,11H,1-2,6H2. The van der Waals surface area contributed by atoms with Gasteiger partial charge in [0.05, 0.1) is 5.69 Å². The number of nitrogens with one attached hydrogen (secondary N) is 1. The van der Waals surface area contributed by atoms with Crippen LogP contribution in [0, 0.1) is 0 Å². The van der Waals surface area contributed by atoms with Gasteiger partial charge in [-0.15, -0.1) is 0 Å². The molecule has 1 aliphatic carbocycles. The molecule has 80 valence electrons. The van der Waals surface area contributed by atoms with Crippen molar-refractivity contribution >= 4 is 15.7 Å². The van der Waals surface area contributed by atoms with Gasteiger partial charge in [0.25, 0.3) is 10.0 Å². The van der Waals surface area contributed by atoms with E-state index in [0.717, 1.165) is 0 Å². The smallest absolute Gasteiger partial charge is 0.268 e. The molecule has 0 spiro atoms. The Morgan fingerprint density at radius 3 is 2.87 bits per heavy atom. The van der Waals surface area contributed by atoms with Crippen LogP contribution in [0.5, 0.6) is 5.75 Å². The van der Waals surface area contributed by atoms with Gasteiger partial charge in [-0.05, 0) is 36.5 Å². The molecule has 1 aromatic rings. The summed E-state index contributed by atoms with van der Waals surface area (Å²) < 4.78 is 30.1. The SMILES string of the molecule is O=S1(=O)COc2cc(C3CC3)ccc2N1. The quantitative estimate of drug-likeness (QED) is 0.790. The van der Waals surface area contributed by atoms with E-state index in [1.54, 1.807) is 6.07 Å². The third-order valence-electron chi connectivity index (χ3n) is 2.69. The fourth-order valence-electron chi connectivity index (χ4n) is 1.75. The molecular weight excluding hydrogens is 214 g/mol. The minimum absolute atomic E-state index is 0.284. The molecule has 4 nitrogen and oxygen atoms in total. The molecule has 3 rings (SSSR count). The summed E-state index contributed by atoms with van der Waals surface area (Å²) in [7, 11) is -3.29. The molecular formula is C10H11NO3S. The lowest BCUT2D eigenvalue weighted by atomic mass is 10.1. The Morgan fingerprint density at radius 1 is 1.33 bits per heavy atom. The van der Waals surface area contributed by atoms with Crippen LogP contribution in [0.1, 0.15) is 24.3 Å². The first-order chi connectivity index (χ1) is 7.14. The summed E-state index contributed by atoms with van der Waals surface area (Å²) in [6, 6.07) is 5.68. The van der Waals surface area contributed by atoms with E-state index in [-0.39, 0.29) is 5.94 Å². The third kappa shape index (κ3) is 1.67. The molecule has 1 aliphatic heterocycles. The van der Waals surface area contributed by atoms with Gasteiger partial charge in [-0.3, -0.25) is 4.72 Å². The zero-order valence-corrected chi connectivity index (χ0v) is 8.88. The largest absolute Gasteiger partial charge is 0.474 e. The van der Waals surface area contributed by atoms with Gasteiger partial charge in [0.2, 0.25) is 5.94 Å².